The molecule has 1 N–H and O–H groups in total. The lowest BCUT2D eigenvalue weighted by Crippen LogP contribution is -2.64. The van der Waals surface area contributed by atoms with E-state index in [4.69, 9.17) is 0 Å². The third-order valence-electron chi connectivity index (χ3n) is 4.21. The van der Waals surface area contributed by atoms with Crippen molar-refractivity contribution in [1.29, 1.82) is 0 Å². The second-order valence-electron chi connectivity index (χ2n) is 5.77. The van der Waals surface area contributed by atoms with Gasteiger partial charge in [-0.15, -0.1) is 0 Å². The molecule has 0 spiro atoms. The molecule has 2 amide bonds. The largest absolute Gasteiger partial charge is 0.340 e. The van der Waals surface area contributed by atoms with E-state index in [1.165, 1.54) is 0 Å². The van der Waals surface area contributed by atoms with Crippen LogP contribution >= 0.6 is 0 Å². The zero-order chi connectivity index (χ0) is 14.9. The summed E-state index contributed by atoms with van der Waals surface area (Å²) in [6, 6.07) is 6.08. The van der Waals surface area contributed by atoms with Crippen molar-refractivity contribution in [2.45, 2.75) is 46.2 Å². The molecule has 2 rings (SSSR count). The van der Waals surface area contributed by atoms with Crippen molar-refractivity contribution >= 4 is 11.8 Å². The maximum atomic E-state index is 12.6. The first kappa shape index (κ1) is 14.6. The van der Waals surface area contributed by atoms with Gasteiger partial charge in [0.25, 0.3) is 0 Å². The molecular formula is C16H22N2O2. The van der Waals surface area contributed by atoms with Crippen LogP contribution in [0.25, 0.3) is 0 Å². The molecule has 1 aromatic rings. The first-order valence-corrected chi connectivity index (χ1v) is 7.03. The van der Waals surface area contributed by atoms with Gasteiger partial charge in [-0.3, -0.25) is 9.59 Å². The Bertz CT molecular complexity index is 533. The van der Waals surface area contributed by atoms with E-state index in [0.717, 1.165) is 16.7 Å². The third kappa shape index (κ3) is 2.55. The van der Waals surface area contributed by atoms with E-state index in [-0.39, 0.29) is 18.4 Å². The van der Waals surface area contributed by atoms with Gasteiger partial charge in [0.15, 0.2) is 0 Å². The van der Waals surface area contributed by atoms with Gasteiger partial charge in [0, 0.05) is 6.54 Å². The molecule has 0 aliphatic carbocycles. The molecule has 1 unspecified atom stereocenters. The normalized spacial score (nSPS) is 22.9. The lowest BCUT2D eigenvalue weighted by atomic mass is 9.93. The zero-order valence-electron chi connectivity index (χ0n) is 12.6. The number of nitrogens with one attached hydrogen (secondary N) is 1. The van der Waals surface area contributed by atoms with Gasteiger partial charge in [0.05, 0.1) is 6.54 Å². The molecule has 0 aromatic heterocycles. The van der Waals surface area contributed by atoms with E-state index in [2.05, 4.69) is 5.32 Å². The Morgan fingerprint density at radius 2 is 1.85 bits per heavy atom. The molecule has 1 aromatic carbocycles. The van der Waals surface area contributed by atoms with Crippen molar-refractivity contribution in [2.24, 2.45) is 0 Å². The van der Waals surface area contributed by atoms with Crippen molar-refractivity contribution in [2.75, 3.05) is 6.54 Å². The summed E-state index contributed by atoms with van der Waals surface area (Å²) >= 11 is 0. The summed E-state index contributed by atoms with van der Waals surface area (Å²) in [6.45, 7) is 8.43. The SMILES string of the molecule is CCC1(C)NC(=O)CN(Cc2c(C)cccc2C)C1=O. The van der Waals surface area contributed by atoms with Crippen LogP contribution < -0.4 is 5.32 Å². The highest BCUT2D eigenvalue weighted by atomic mass is 16.2. The number of hydrogen-bond donors (Lipinski definition) is 1. The second kappa shape index (κ2) is 5.27. The summed E-state index contributed by atoms with van der Waals surface area (Å²) in [5, 5.41) is 2.81. The van der Waals surface area contributed by atoms with Gasteiger partial charge in [-0.1, -0.05) is 25.1 Å². The van der Waals surface area contributed by atoms with Gasteiger partial charge in [-0.2, -0.15) is 0 Å². The number of aryl methyl sites for hydroxylation is 2. The standard InChI is InChI=1S/C16H22N2O2/c1-5-16(4)15(20)18(10-14(19)17-16)9-13-11(2)7-6-8-12(13)3/h6-8H,5,9-10H2,1-4H3,(H,17,19). The molecule has 4 heteroatoms. The number of benzene rings is 1. The van der Waals surface area contributed by atoms with Gasteiger partial charge < -0.3 is 10.2 Å². The Balaban J connectivity index is 2.28. The van der Waals surface area contributed by atoms with Crippen molar-refractivity contribution in [1.82, 2.24) is 10.2 Å². The summed E-state index contributed by atoms with van der Waals surface area (Å²) in [7, 11) is 0. The molecule has 1 atom stereocenters. The predicted octanol–water partition coefficient (Wildman–Crippen LogP) is 1.93. The second-order valence-corrected chi connectivity index (χ2v) is 5.77. The molecule has 0 radical (unpaired) electrons. The molecule has 4 nitrogen and oxygen atoms in total. The number of carbonyl (C=O) groups is 2. The maximum absolute atomic E-state index is 12.6. The zero-order valence-corrected chi connectivity index (χ0v) is 12.6. The summed E-state index contributed by atoms with van der Waals surface area (Å²) < 4.78 is 0. The summed E-state index contributed by atoms with van der Waals surface area (Å²) in [5.74, 6) is -0.0811. The quantitative estimate of drug-likeness (QED) is 0.915. The number of hydrogen-bond acceptors (Lipinski definition) is 2. The minimum Gasteiger partial charge on any atom is -0.340 e. The van der Waals surface area contributed by atoms with Crippen molar-refractivity contribution in [3.63, 3.8) is 0 Å². The minimum absolute atomic E-state index is 0.00209. The van der Waals surface area contributed by atoms with Gasteiger partial charge in [0.1, 0.15) is 5.54 Å². The van der Waals surface area contributed by atoms with Crippen molar-refractivity contribution < 1.29 is 9.59 Å². The summed E-state index contributed by atoms with van der Waals surface area (Å²) in [5.41, 5.74) is 2.67. The van der Waals surface area contributed by atoms with E-state index in [9.17, 15) is 9.59 Å². The molecule has 1 saturated heterocycles. The molecule has 1 aliphatic rings. The molecule has 108 valence electrons. The van der Waals surface area contributed by atoms with E-state index in [1.54, 1.807) is 11.8 Å². The van der Waals surface area contributed by atoms with Gasteiger partial charge >= 0.3 is 0 Å². The fourth-order valence-electron chi connectivity index (χ4n) is 2.65. The Labute approximate surface area is 120 Å². The van der Waals surface area contributed by atoms with E-state index >= 15 is 0 Å². The summed E-state index contributed by atoms with van der Waals surface area (Å²) in [4.78, 5) is 26.1. The van der Waals surface area contributed by atoms with Crippen molar-refractivity contribution in [3.8, 4) is 0 Å². The van der Waals surface area contributed by atoms with Crippen LogP contribution in [0.5, 0.6) is 0 Å². The average Bonchev–Trinajstić information content (AvgIpc) is 2.39. The Morgan fingerprint density at radius 1 is 1.25 bits per heavy atom. The highest BCUT2D eigenvalue weighted by Crippen LogP contribution is 2.22. The molecule has 1 aliphatic heterocycles. The maximum Gasteiger partial charge on any atom is 0.248 e. The number of nitrogens with zero attached hydrogens (tertiary/aromatic N) is 1. The first-order chi connectivity index (χ1) is 9.37. The molecule has 1 fully saturated rings. The van der Waals surface area contributed by atoms with Crippen LogP contribution in [0.4, 0.5) is 0 Å². The molecule has 0 bridgehead atoms. The highest BCUT2D eigenvalue weighted by molar-refractivity contribution is 5.97. The molecule has 1 heterocycles. The van der Waals surface area contributed by atoms with Gasteiger partial charge in [-0.05, 0) is 43.9 Å². The smallest absolute Gasteiger partial charge is 0.248 e. The van der Waals surface area contributed by atoms with Crippen LogP contribution in [0.15, 0.2) is 18.2 Å². The minimum atomic E-state index is -0.772. The predicted molar refractivity (Wildman–Crippen MR) is 78.2 cm³/mol. The fourth-order valence-corrected chi connectivity index (χ4v) is 2.65. The third-order valence-corrected chi connectivity index (χ3v) is 4.21. The van der Waals surface area contributed by atoms with Crippen LogP contribution in [0.2, 0.25) is 0 Å². The topological polar surface area (TPSA) is 49.4 Å². The lowest BCUT2D eigenvalue weighted by molar-refractivity contribution is -0.149. The number of rotatable bonds is 3. The summed E-state index contributed by atoms with van der Waals surface area (Å²) in [6.07, 6.45) is 0.598. The number of carbonyl (C=O) groups excluding carboxylic acids is 2. The Hall–Kier alpha value is -1.84. The molecular weight excluding hydrogens is 252 g/mol. The van der Waals surface area contributed by atoms with Crippen LogP contribution in [0.3, 0.4) is 0 Å². The van der Waals surface area contributed by atoms with Gasteiger partial charge in [0.2, 0.25) is 11.8 Å². The Morgan fingerprint density at radius 3 is 2.40 bits per heavy atom. The van der Waals surface area contributed by atoms with E-state index in [0.29, 0.717) is 13.0 Å². The van der Waals surface area contributed by atoms with Crippen LogP contribution in [0, 0.1) is 13.8 Å². The number of amides is 2. The van der Waals surface area contributed by atoms with Gasteiger partial charge in [-0.25, -0.2) is 0 Å². The Kier molecular flexibility index (Phi) is 3.84. The van der Waals surface area contributed by atoms with Crippen LogP contribution in [0.1, 0.15) is 37.0 Å². The highest BCUT2D eigenvalue weighted by Gasteiger charge is 2.41. The van der Waals surface area contributed by atoms with Crippen LogP contribution in [-0.2, 0) is 16.1 Å². The number of piperazine rings is 1. The van der Waals surface area contributed by atoms with E-state index in [1.807, 2.05) is 39.0 Å². The van der Waals surface area contributed by atoms with Crippen molar-refractivity contribution in [3.05, 3.63) is 34.9 Å². The van der Waals surface area contributed by atoms with Crippen LogP contribution in [-0.4, -0.2) is 28.8 Å². The monoisotopic (exact) mass is 274 g/mol. The lowest BCUT2D eigenvalue weighted by Gasteiger charge is -2.39. The average molecular weight is 274 g/mol. The molecule has 20 heavy (non-hydrogen) atoms. The molecule has 0 saturated carbocycles. The fraction of sp³-hybridized carbons (Fsp3) is 0.500. The van der Waals surface area contributed by atoms with E-state index < -0.39 is 5.54 Å². The first-order valence-electron chi connectivity index (χ1n) is 7.03.